The number of amides is 3. The first-order valence-corrected chi connectivity index (χ1v) is 16.8. The van der Waals surface area contributed by atoms with Crippen molar-refractivity contribution in [3.05, 3.63) is 47.5 Å². The van der Waals surface area contributed by atoms with Gasteiger partial charge < -0.3 is 15.5 Å². The van der Waals surface area contributed by atoms with E-state index >= 15 is 4.39 Å². The van der Waals surface area contributed by atoms with Crippen molar-refractivity contribution in [2.24, 2.45) is 23.7 Å². The molecule has 12 heteroatoms. The predicted octanol–water partition coefficient (Wildman–Crippen LogP) is 6.68. The fourth-order valence-corrected chi connectivity index (χ4v) is 7.69. The molecule has 0 spiro atoms. The molecule has 1 aliphatic heterocycles. The Hall–Kier alpha value is -3.44. The maximum Gasteiger partial charge on any atom is 0.395 e. The van der Waals surface area contributed by atoms with Gasteiger partial charge in [0, 0.05) is 25.8 Å². The van der Waals surface area contributed by atoms with Gasteiger partial charge in [0.1, 0.15) is 17.6 Å². The summed E-state index contributed by atoms with van der Waals surface area (Å²) in [6.45, 7) is 3.09. The molecule has 252 valence electrons. The first kappa shape index (κ1) is 33.9. The highest BCUT2D eigenvalue weighted by Gasteiger charge is 2.49. The highest BCUT2D eigenvalue weighted by Crippen LogP contribution is 2.42. The van der Waals surface area contributed by atoms with Crippen LogP contribution in [0.2, 0.25) is 0 Å². The van der Waals surface area contributed by atoms with Gasteiger partial charge in [-0.05, 0) is 55.4 Å². The summed E-state index contributed by atoms with van der Waals surface area (Å²) in [5.74, 6) is -4.17. The maximum atomic E-state index is 15.5. The average Bonchev–Trinajstić information content (AvgIpc) is 3.50. The SMILES string of the molecule is CCn1nccc1C(=O)N[C@H](C(=O)Nc1ccc([C@H](C)C(=O)N2CC(C(F)(F)F)C2)cc1F)C(C1CCCCC1)C1CCCCC1. The van der Waals surface area contributed by atoms with Crippen LogP contribution in [0.4, 0.5) is 23.2 Å². The second-order valence-electron chi connectivity index (χ2n) is 13.3. The number of aromatic nitrogens is 2. The van der Waals surface area contributed by atoms with Crippen LogP contribution in [0.1, 0.15) is 100 Å². The zero-order valence-electron chi connectivity index (χ0n) is 26.6. The molecule has 0 bridgehead atoms. The quantitative estimate of drug-likeness (QED) is 0.281. The minimum atomic E-state index is -4.35. The van der Waals surface area contributed by atoms with Gasteiger partial charge in [-0.15, -0.1) is 0 Å². The standard InChI is InChI=1S/C34H45F4N5O3/c1-3-43-28(16-17-39-43)31(44)41-30(29(22-10-6-4-7-11-22)23-12-8-5-9-13-23)32(45)40-27-15-14-24(18-26(27)35)21(2)33(46)42-19-25(20-42)34(36,37)38/h14-18,21-23,25,29-30H,3-13,19-20H2,1-2H3,(H,40,45)(H,41,44)/t21-,30-/m0/s1. The Balaban J connectivity index is 1.36. The number of nitrogens with one attached hydrogen (secondary N) is 2. The highest BCUT2D eigenvalue weighted by atomic mass is 19.4. The van der Waals surface area contributed by atoms with Crippen LogP contribution in [0.3, 0.4) is 0 Å². The van der Waals surface area contributed by atoms with Gasteiger partial charge in [-0.3, -0.25) is 19.1 Å². The number of hydrogen-bond acceptors (Lipinski definition) is 4. The van der Waals surface area contributed by atoms with Gasteiger partial charge in [0.15, 0.2) is 0 Å². The van der Waals surface area contributed by atoms with Crippen LogP contribution in [-0.2, 0) is 16.1 Å². The summed E-state index contributed by atoms with van der Waals surface area (Å²) in [6.07, 6.45) is 7.66. The summed E-state index contributed by atoms with van der Waals surface area (Å²) in [5.41, 5.74) is 0.568. The molecule has 1 aromatic carbocycles. The number of anilines is 1. The van der Waals surface area contributed by atoms with Gasteiger partial charge in [0.25, 0.3) is 5.91 Å². The first-order chi connectivity index (χ1) is 22.0. The van der Waals surface area contributed by atoms with Crippen molar-refractivity contribution in [3.8, 4) is 0 Å². The molecule has 8 nitrogen and oxygen atoms in total. The summed E-state index contributed by atoms with van der Waals surface area (Å²) in [6, 6.07) is 4.75. The molecule has 2 heterocycles. The lowest BCUT2D eigenvalue weighted by Gasteiger charge is -2.42. The summed E-state index contributed by atoms with van der Waals surface area (Å²) >= 11 is 0. The molecule has 0 unspecified atom stereocenters. The average molecular weight is 648 g/mol. The number of aryl methyl sites for hydroxylation is 1. The molecule has 2 saturated carbocycles. The van der Waals surface area contributed by atoms with Crippen molar-refractivity contribution in [2.45, 2.75) is 103 Å². The second-order valence-corrected chi connectivity index (χ2v) is 13.3. The molecular weight excluding hydrogens is 602 g/mol. The van der Waals surface area contributed by atoms with E-state index in [0.717, 1.165) is 75.2 Å². The molecule has 3 amide bonds. The molecule has 2 aliphatic carbocycles. The number of carbonyl (C=O) groups is 3. The van der Waals surface area contributed by atoms with E-state index in [4.69, 9.17) is 0 Å². The fourth-order valence-electron chi connectivity index (χ4n) is 7.69. The molecule has 2 aromatic rings. The Labute approximate surface area is 267 Å². The molecule has 46 heavy (non-hydrogen) atoms. The Morgan fingerprint density at radius 1 is 0.957 bits per heavy atom. The van der Waals surface area contributed by atoms with E-state index in [2.05, 4.69) is 15.7 Å². The van der Waals surface area contributed by atoms with Gasteiger partial charge in [-0.25, -0.2) is 4.39 Å². The zero-order valence-corrected chi connectivity index (χ0v) is 26.6. The lowest BCUT2D eigenvalue weighted by Crippen LogP contribution is -2.56. The van der Waals surface area contributed by atoms with Crippen molar-refractivity contribution in [1.29, 1.82) is 0 Å². The summed E-state index contributed by atoms with van der Waals surface area (Å²) < 4.78 is 55.8. The molecule has 1 aromatic heterocycles. The van der Waals surface area contributed by atoms with E-state index in [1.165, 1.54) is 19.1 Å². The van der Waals surface area contributed by atoms with Gasteiger partial charge in [0.05, 0.1) is 17.5 Å². The topological polar surface area (TPSA) is 96.3 Å². The number of hydrogen-bond donors (Lipinski definition) is 2. The van der Waals surface area contributed by atoms with Crippen LogP contribution in [0.5, 0.6) is 0 Å². The normalized spacial score (nSPS) is 19.8. The minimum Gasteiger partial charge on any atom is -0.341 e. The van der Waals surface area contributed by atoms with E-state index in [1.807, 2.05) is 6.92 Å². The van der Waals surface area contributed by atoms with Gasteiger partial charge in [0.2, 0.25) is 11.8 Å². The van der Waals surface area contributed by atoms with Crippen LogP contribution in [0.15, 0.2) is 30.5 Å². The third kappa shape index (κ3) is 7.57. The van der Waals surface area contributed by atoms with E-state index in [9.17, 15) is 27.6 Å². The number of halogens is 4. The van der Waals surface area contributed by atoms with Gasteiger partial charge in [-0.2, -0.15) is 18.3 Å². The predicted molar refractivity (Wildman–Crippen MR) is 165 cm³/mol. The van der Waals surface area contributed by atoms with E-state index in [1.54, 1.807) is 16.9 Å². The zero-order chi connectivity index (χ0) is 33.0. The van der Waals surface area contributed by atoms with Crippen LogP contribution in [-0.4, -0.2) is 57.7 Å². The van der Waals surface area contributed by atoms with Crippen molar-refractivity contribution >= 4 is 23.4 Å². The summed E-state index contributed by atoms with van der Waals surface area (Å²) in [5, 5.41) is 10.00. The number of rotatable bonds is 10. The molecule has 0 radical (unpaired) electrons. The highest BCUT2D eigenvalue weighted by molar-refractivity contribution is 6.01. The minimum absolute atomic E-state index is 0.0848. The summed E-state index contributed by atoms with van der Waals surface area (Å²) in [4.78, 5) is 41.7. The Morgan fingerprint density at radius 3 is 2.11 bits per heavy atom. The molecule has 2 atom stereocenters. The van der Waals surface area contributed by atoms with Crippen LogP contribution in [0.25, 0.3) is 0 Å². The molecule has 2 N–H and O–H groups in total. The number of nitrogens with zero attached hydrogens (tertiary/aromatic N) is 3. The Bertz CT molecular complexity index is 1360. The molecule has 5 rings (SSSR count). The van der Waals surface area contributed by atoms with Gasteiger partial charge >= 0.3 is 6.18 Å². The maximum absolute atomic E-state index is 15.5. The lowest BCUT2D eigenvalue weighted by atomic mass is 9.66. The third-order valence-electron chi connectivity index (χ3n) is 10.4. The first-order valence-electron chi connectivity index (χ1n) is 16.8. The van der Waals surface area contributed by atoms with Crippen molar-refractivity contribution in [1.82, 2.24) is 20.0 Å². The summed E-state index contributed by atoms with van der Waals surface area (Å²) in [7, 11) is 0. The lowest BCUT2D eigenvalue weighted by molar-refractivity contribution is -0.210. The smallest absolute Gasteiger partial charge is 0.341 e. The van der Waals surface area contributed by atoms with Crippen LogP contribution >= 0.6 is 0 Å². The molecule has 3 fully saturated rings. The fraction of sp³-hybridized carbons (Fsp3) is 0.647. The Kier molecular flexibility index (Phi) is 10.7. The molecule has 3 aliphatic rings. The van der Waals surface area contributed by atoms with Crippen molar-refractivity contribution in [2.75, 3.05) is 18.4 Å². The van der Waals surface area contributed by atoms with E-state index < -0.39 is 60.7 Å². The van der Waals surface area contributed by atoms with Gasteiger partial charge in [-0.1, -0.05) is 70.3 Å². The third-order valence-corrected chi connectivity index (χ3v) is 10.4. The monoisotopic (exact) mass is 647 g/mol. The van der Waals surface area contributed by atoms with E-state index in [-0.39, 0.29) is 23.4 Å². The number of carbonyl (C=O) groups excluding carboxylic acids is 3. The van der Waals surface area contributed by atoms with E-state index in [0.29, 0.717) is 17.8 Å². The molecule has 1 saturated heterocycles. The second kappa shape index (κ2) is 14.5. The molecular formula is C34H45F4N5O3. The van der Waals surface area contributed by atoms with Crippen molar-refractivity contribution < 1.29 is 31.9 Å². The largest absolute Gasteiger partial charge is 0.395 e. The van der Waals surface area contributed by atoms with Crippen LogP contribution in [0, 0.1) is 29.5 Å². The number of likely N-dealkylation sites (tertiary alicyclic amines) is 1. The number of alkyl halides is 3. The van der Waals surface area contributed by atoms with Crippen LogP contribution < -0.4 is 10.6 Å². The Morgan fingerprint density at radius 2 is 1.57 bits per heavy atom. The van der Waals surface area contributed by atoms with Crippen molar-refractivity contribution in [3.63, 3.8) is 0 Å². The number of benzene rings is 1.